The molecular weight excluding hydrogens is 397 g/mol. The highest BCUT2D eigenvalue weighted by atomic mass is 19.1. The number of nitrogens with zero attached hydrogens (tertiary/aromatic N) is 3. The van der Waals surface area contributed by atoms with Gasteiger partial charge in [0.05, 0.1) is 17.8 Å². The minimum absolute atomic E-state index is 0.000277. The number of halogens is 1. The van der Waals surface area contributed by atoms with Gasteiger partial charge in [0.2, 0.25) is 0 Å². The molecule has 0 unspecified atom stereocenters. The quantitative estimate of drug-likeness (QED) is 0.417. The normalized spacial score (nSPS) is 11.0. The molecule has 2 aromatic heterocycles. The Hall–Kier alpha value is -3.74. The van der Waals surface area contributed by atoms with Crippen molar-refractivity contribution in [3.05, 3.63) is 88.6 Å². The molecule has 0 saturated carbocycles. The molecule has 0 aliphatic heterocycles. The smallest absolute Gasteiger partial charge is 0.310 e. The average Bonchev–Trinajstić information content (AvgIpc) is 3.28. The fourth-order valence-electron chi connectivity index (χ4n) is 3.47. The molecule has 7 heteroatoms. The number of ether oxygens (including phenoxy) is 1. The molecule has 158 valence electrons. The lowest BCUT2D eigenvalue weighted by Gasteiger charge is -2.06. The number of aromatic nitrogens is 3. The van der Waals surface area contributed by atoms with Crippen molar-refractivity contribution >= 4 is 5.97 Å². The van der Waals surface area contributed by atoms with E-state index in [-0.39, 0.29) is 24.8 Å². The summed E-state index contributed by atoms with van der Waals surface area (Å²) in [5.41, 5.74) is 5.46. The van der Waals surface area contributed by atoms with Crippen LogP contribution >= 0.6 is 0 Å². The van der Waals surface area contributed by atoms with E-state index in [4.69, 9.17) is 9.26 Å². The van der Waals surface area contributed by atoms with Gasteiger partial charge < -0.3 is 9.26 Å². The topological polar surface area (TPSA) is 70.2 Å². The van der Waals surface area contributed by atoms with E-state index in [1.54, 1.807) is 12.1 Å². The van der Waals surface area contributed by atoms with Crippen molar-refractivity contribution in [2.24, 2.45) is 0 Å². The molecule has 0 radical (unpaired) electrons. The van der Waals surface area contributed by atoms with E-state index in [2.05, 4.69) is 10.3 Å². The van der Waals surface area contributed by atoms with Crippen molar-refractivity contribution in [2.75, 3.05) is 0 Å². The predicted octanol–water partition coefficient (Wildman–Crippen LogP) is 4.88. The molecule has 0 spiro atoms. The highest BCUT2D eigenvalue weighted by Crippen LogP contribution is 2.26. The Balaban J connectivity index is 1.44. The second-order valence-corrected chi connectivity index (χ2v) is 7.32. The number of esters is 1. The third-order valence-corrected chi connectivity index (χ3v) is 5.26. The summed E-state index contributed by atoms with van der Waals surface area (Å²) in [6.45, 7) is 5.65. The Morgan fingerprint density at radius 1 is 1.06 bits per heavy atom. The molecule has 0 bridgehead atoms. The predicted molar refractivity (Wildman–Crippen MR) is 113 cm³/mol. The molecule has 0 N–H and O–H groups in total. The number of benzene rings is 2. The van der Waals surface area contributed by atoms with Crippen LogP contribution in [0, 0.1) is 26.6 Å². The summed E-state index contributed by atoms with van der Waals surface area (Å²) in [6.07, 6.45) is 0.117. The van der Waals surface area contributed by atoms with Crippen molar-refractivity contribution in [1.82, 2.24) is 14.9 Å². The van der Waals surface area contributed by atoms with Crippen LogP contribution in [0.15, 0.2) is 59.1 Å². The summed E-state index contributed by atoms with van der Waals surface area (Å²) in [4.78, 5) is 12.5. The van der Waals surface area contributed by atoms with E-state index in [0.717, 1.165) is 28.2 Å². The second-order valence-electron chi connectivity index (χ2n) is 7.32. The highest BCUT2D eigenvalue weighted by molar-refractivity contribution is 5.73. The fourth-order valence-corrected chi connectivity index (χ4v) is 3.47. The molecule has 0 amide bonds. The van der Waals surface area contributed by atoms with Crippen LogP contribution < -0.4 is 0 Å². The second kappa shape index (κ2) is 8.55. The van der Waals surface area contributed by atoms with Crippen LogP contribution in [0.4, 0.5) is 4.39 Å². The highest BCUT2D eigenvalue weighted by Gasteiger charge is 2.19. The van der Waals surface area contributed by atoms with Crippen LogP contribution in [-0.2, 0) is 22.6 Å². The summed E-state index contributed by atoms with van der Waals surface area (Å²) >= 11 is 0. The van der Waals surface area contributed by atoms with Gasteiger partial charge in [-0.3, -0.25) is 4.79 Å². The largest absolute Gasteiger partial charge is 0.459 e. The molecule has 2 heterocycles. The molecule has 0 atom stereocenters. The van der Waals surface area contributed by atoms with Crippen LogP contribution in [0.1, 0.15) is 28.2 Å². The van der Waals surface area contributed by atoms with Gasteiger partial charge in [0.25, 0.3) is 0 Å². The van der Waals surface area contributed by atoms with Crippen LogP contribution in [0.5, 0.6) is 0 Å². The molecule has 31 heavy (non-hydrogen) atoms. The summed E-state index contributed by atoms with van der Waals surface area (Å²) in [5, 5.41) is 8.57. The zero-order chi connectivity index (χ0) is 22.0. The first kappa shape index (κ1) is 20.5. The van der Waals surface area contributed by atoms with Gasteiger partial charge >= 0.3 is 5.97 Å². The molecule has 0 saturated heterocycles. The van der Waals surface area contributed by atoms with Gasteiger partial charge in [0.1, 0.15) is 18.1 Å². The number of carbonyl (C=O) groups excluding carboxylic acids is 1. The van der Waals surface area contributed by atoms with Gasteiger partial charge in [-0.15, -0.1) is 0 Å². The maximum Gasteiger partial charge on any atom is 0.310 e. The van der Waals surface area contributed by atoms with Crippen LogP contribution in [0.3, 0.4) is 0 Å². The van der Waals surface area contributed by atoms with Crippen molar-refractivity contribution in [1.29, 1.82) is 0 Å². The number of para-hydroxylation sites is 1. The molecule has 0 aliphatic rings. The third-order valence-electron chi connectivity index (χ3n) is 5.26. The first-order valence-electron chi connectivity index (χ1n) is 9.91. The molecule has 0 aliphatic carbocycles. The van der Waals surface area contributed by atoms with Gasteiger partial charge in [0.15, 0.2) is 5.76 Å². The molecule has 0 fully saturated rings. The fraction of sp³-hybridized carbons (Fsp3) is 0.208. The van der Waals surface area contributed by atoms with E-state index >= 15 is 0 Å². The van der Waals surface area contributed by atoms with E-state index in [1.165, 1.54) is 12.1 Å². The van der Waals surface area contributed by atoms with Gasteiger partial charge in [-0.1, -0.05) is 23.4 Å². The number of hydrogen-bond donors (Lipinski definition) is 0. The monoisotopic (exact) mass is 419 g/mol. The van der Waals surface area contributed by atoms with E-state index in [0.29, 0.717) is 17.0 Å². The Labute approximate surface area is 179 Å². The van der Waals surface area contributed by atoms with E-state index in [9.17, 15) is 9.18 Å². The first-order chi connectivity index (χ1) is 14.9. The van der Waals surface area contributed by atoms with Crippen molar-refractivity contribution in [2.45, 2.75) is 33.8 Å². The summed E-state index contributed by atoms with van der Waals surface area (Å²) in [5.74, 6) is -0.164. The van der Waals surface area contributed by atoms with Crippen molar-refractivity contribution in [3.63, 3.8) is 0 Å². The van der Waals surface area contributed by atoms with E-state index < -0.39 is 0 Å². The molecule has 2 aromatic carbocycles. The lowest BCUT2D eigenvalue weighted by atomic mass is 10.1. The molecular formula is C24H22FN3O3. The minimum Gasteiger partial charge on any atom is -0.459 e. The van der Waals surface area contributed by atoms with Gasteiger partial charge in [-0.25, -0.2) is 9.07 Å². The SMILES string of the molecule is Cc1nn(-c2ccccc2)c(C)c1CC(=O)OCc1noc(-c2ccc(F)cc2)c1C. The molecule has 4 aromatic rings. The van der Waals surface area contributed by atoms with Crippen LogP contribution in [0.25, 0.3) is 17.0 Å². The Bertz CT molecular complexity index is 1210. The zero-order valence-corrected chi connectivity index (χ0v) is 17.6. The van der Waals surface area contributed by atoms with Crippen LogP contribution in [0.2, 0.25) is 0 Å². The first-order valence-corrected chi connectivity index (χ1v) is 9.91. The minimum atomic E-state index is -0.371. The Morgan fingerprint density at radius 3 is 2.48 bits per heavy atom. The number of rotatable bonds is 6. The maximum atomic E-state index is 13.1. The Kier molecular flexibility index (Phi) is 5.66. The number of carbonyl (C=O) groups is 1. The summed E-state index contributed by atoms with van der Waals surface area (Å²) in [7, 11) is 0. The summed E-state index contributed by atoms with van der Waals surface area (Å²) in [6, 6.07) is 15.7. The third kappa shape index (κ3) is 4.26. The maximum absolute atomic E-state index is 13.1. The van der Waals surface area contributed by atoms with Gasteiger partial charge in [0, 0.05) is 22.4 Å². The van der Waals surface area contributed by atoms with Crippen LogP contribution in [-0.4, -0.2) is 20.9 Å². The number of hydrogen-bond acceptors (Lipinski definition) is 5. The number of aryl methyl sites for hydroxylation is 1. The van der Waals surface area contributed by atoms with E-state index in [1.807, 2.05) is 55.8 Å². The lowest BCUT2D eigenvalue weighted by Crippen LogP contribution is -2.10. The molecule has 4 rings (SSSR count). The summed E-state index contributed by atoms with van der Waals surface area (Å²) < 4.78 is 25.8. The standard InChI is InChI=1S/C24H22FN3O3/c1-15-22(27-31-24(15)18-9-11-19(25)12-10-18)14-30-23(29)13-21-16(2)26-28(17(21)3)20-7-5-4-6-8-20/h4-12H,13-14H2,1-3H3. The van der Waals surface area contributed by atoms with Gasteiger partial charge in [-0.05, 0) is 57.2 Å². The molecule has 6 nitrogen and oxygen atoms in total. The van der Waals surface area contributed by atoms with Crippen molar-refractivity contribution in [3.8, 4) is 17.0 Å². The van der Waals surface area contributed by atoms with Crippen molar-refractivity contribution < 1.29 is 18.4 Å². The van der Waals surface area contributed by atoms with Gasteiger partial charge in [-0.2, -0.15) is 5.10 Å². The lowest BCUT2D eigenvalue weighted by molar-refractivity contribution is -0.144. The zero-order valence-electron chi connectivity index (χ0n) is 17.6. The average molecular weight is 419 g/mol. The Morgan fingerprint density at radius 2 is 1.77 bits per heavy atom.